The molecule has 15 heavy (non-hydrogen) atoms. The van der Waals surface area contributed by atoms with Crippen molar-refractivity contribution in [3.63, 3.8) is 0 Å². The average molecular weight is 198 g/mol. The van der Waals surface area contributed by atoms with E-state index in [4.69, 9.17) is 0 Å². The van der Waals surface area contributed by atoms with E-state index in [0.29, 0.717) is 0 Å². The van der Waals surface area contributed by atoms with Gasteiger partial charge in [-0.1, -0.05) is 48.6 Å². The zero-order valence-corrected chi connectivity index (χ0v) is 9.80. The van der Waals surface area contributed by atoms with Crippen LogP contribution in [0.25, 0.3) is 6.08 Å². The summed E-state index contributed by atoms with van der Waals surface area (Å²) in [6, 6.07) is 8.32. The summed E-state index contributed by atoms with van der Waals surface area (Å²) in [7, 11) is 0. The fourth-order valence-corrected chi connectivity index (χ4v) is 1.51. The number of benzene rings is 1. The quantitative estimate of drug-likeness (QED) is 0.626. The van der Waals surface area contributed by atoms with Gasteiger partial charge in [0.05, 0.1) is 0 Å². The van der Waals surface area contributed by atoms with Gasteiger partial charge in [-0.25, -0.2) is 0 Å². The molecule has 0 spiro atoms. The molecule has 1 aromatic rings. The molecule has 0 amide bonds. The van der Waals surface area contributed by atoms with E-state index in [1.54, 1.807) is 0 Å². The van der Waals surface area contributed by atoms with Crippen molar-refractivity contribution in [1.29, 1.82) is 0 Å². The molecule has 0 N–H and O–H groups in total. The molecule has 0 saturated heterocycles. The predicted octanol–water partition coefficient (Wildman–Crippen LogP) is 4.53. The Kier molecular flexibility index (Phi) is 3.68. The first kappa shape index (κ1) is 11.5. The van der Waals surface area contributed by atoms with E-state index in [9.17, 15) is 0 Å². The number of aryl methyl sites for hydroxylation is 1. The van der Waals surface area contributed by atoms with Gasteiger partial charge < -0.3 is 0 Å². The van der Waals surface area contributed by atoms with Gasteiger partial charge in [0.1, 0.15) is 0 Å². The van der Waals surface area contributed by atoms with Gasteiger partial charge in [-0.3, -0.25) is 0 Å². The van der Waals surface area contributed by atoms with Crippen LogP contribution in [0.5, 0.6) is 0 Å². The topological polar surface area (TPSA) is 0 Å². The molecule has 1 aromatic carbocycles. The lowest BCUT2D eigenvalue weighted by atomic mass is 9.98. The maximum Gasteiger partial charge on any atom is -0.0204 e. The molecule has 0 aliphatic heterocycles. The molecule has 0 fully saturated rings. The molecule has 0 aliphatic carbocycles. The van der Waals surface area contributed by atoms with E-state index in [1.165, 1.54) is 11.1 Å². The summed E-state index contributed by atoms with van der Waals surface area (Å²) in [5, 5.41) is 0. The van der Waals surface area contributed by atoms with Gasteiger partial charge in [-0.15, -0.1) is 0 Å². The third-order valence-electron chi connectivity index (χ3n) is 2.41. The van der Waals surface area contributed by atoms with Crippen molar-refractivity contribution in [2.24, 2.45) is 0 Å². The molecular formula is C15H18. The second kappa shape index (κ2) is 4.79. The Bertz CT molecular complexity index is 403. The zero-order chi connectivity index (χ0) is 11.4. The summed E-state index contributed by atoms with van der Waals surface area (Å²) in [5.41, 5.74) is 5.77. The maximum absolute atomic E-state index is 3.97. The molecule has 78 valence electrons. The van der Waals surface area contributed by atoms with Gasteiger partial charge in [-0.2, -0.15) is 0 Å². The lowest BCUT2D eigenvalue weighted by molar-refractivity contribution is 1.35. The molecule has 0 radical (unpaired) electrons. The van der Waals surface area contributed by atoms with E-state index in [1.807, 2.05) is 26.0 Å². The average Bonchev–Trinajstić information content (AvgIpc) is 2.15. The Labute approximate surface area is 92.6 Å². The van der Waals surface area contributed by atoms with Gasteiger partial charge in [0, 0.05) is 0 Å². The van der Waals surface area contributed by atoms with Crippen LogP contribution in [0.1, 0.15) is 25.0 Å². The molecule has 0 heteroatoms. The summed E-state index contributed by atoms with van der Waals surface area (Å²) < 4.78 is 0. The lowest BCUT2D eigenvalue weighted by Crippen LogP contribution is -1.87. The number of hydrogen-bond donors (Lipinski definition) is 0. The summed E-state index contributed by atoms with van der Waals surface area (Å²) in [6.45, 7) is 14.1. The minimum absolute atomic E-state index is 1.06. The second-order valence-corrected chi connectivity index (χ2v) is 3.98. The standard InChI is InChI=1S/C15H18/c1-11(2)15(12(3)4)10-14-9-7-6-8-13(14)5/h6-10H,1,3H2,2,4-5H3. The van der Waals surface area contributed by atoms with Crippen molar-refractivity contribution in [3.05, 3.63) is 65.3 Å². The van der Waals surface area contributed by atoms with Crippen molar-refractivity contribution in [3.8, 4) is 0 Å². The van der Waals surface area contributed by atoms with Crippen molar-refractivity contribution in [2.45, 2.75) is 20.8 Å². The minimum atomic E-state index is 1.06. The van der Waals surface area contributed by atoms with Crippen LogP contribution in [-0.4, -0.2) is 0 Å². The second-order valence-electron chi connectivity index (χ2n) is 3.98. The molecule has 0 unspecified atom stereocenters. The molecule has 0 atom stereocenters. The summed E-state index contributed by atoms with van der Waals surface area (Å²) in [4.78, 5) is 0. The molecular weight excluding hydrogens is 180 g/mol. The van der Waals surface area contributed by atoms with Gasteiger partial charge in [0.25, 0.3) is 0 Å². The highest BCUT2D eigenvalue weighted by Gasteiger charge is 2.00. The monoisotopic (exact) mass is 198 g/mol. The van der Waals surface area contributed by atoms with E-state index in [0.717, 1.165) is 16.7 Å². The first-order valence-corrected chi connectivity index (χ1v) is 5.11. The Balaban J connectivity index is 3.19. The molecule has 0 heterocycles. The summed E-state index contributed by atoms with van der Waals surface area (Å²) >= 11 is 0. The van der Waals surface area contributed by atoms with Crippen molar-refractivity contribution in [2.75, 3.05) is 0 Å². The maximum atomic E-state index is 3.97. The van der Waals surface area contributed by atoms with Crippen LogP contribution in [0.2, 0.25) is 0 Å². The normalized spacial score (nSPS) is 9.53. The van der Waals surface area contributed by atoms with Crippen LogP contribution < -0.4 is 0 Å². The Morgan fingerprint density at radius 2 is 1.60 bits per heavy atom. The molecule has 0 aliphatic rings. The molecule has 0 nitrogen and oxygen atoms in total. The highest BCUT2D eigenvalue weighted by atomic mass is 14.1. The minimum Gasteiger partial charge on any atom is -0.0955 e. The van der Waals surface area contributed by atoms with Crippen LogP contribution in [0.15, 0.2) is 54.1 Å². The third kappa shape index (κ3) is 2.95. The third-order valence-corrected chi connectivity index (χ3v) is 2.41. The van der Waals surface area contributed by atoms with Gasteiger partial charge in [0.2, 0.25) is 0 Å². The number of hydrogen-bond acceptors (Lipinski definition) is 0. The fourth-order valence-electron chi connectivity index (χ4n) is 1.51. The van der Waals surface area contributed by atoms with Crippen molar-refractivity contribution >= 4 is 6.08 Å². The number of rotatable bonds is 3. The van der Waals surface area contributed by atoms with Crippen molar-refractivity contribution in [1.82, 2.24) is 0 Å². The summed E-state index contributed by atoms with van der Waals surface area (Å²) in [6.07, 6.45) is 2.15. The van der Waals surface area contributed by atoms with Crippen LogP contribution in [0.3, 0.4) is 0 Å². The largest absolute Gasteiger partial charge is 0.0955 e. The Hall–Kier alpha value is -1.56. The van der Waals surface area contributed by atoms with Gasteiger partial charge in [0.15, 0.2) is 0 Å². The molecule has 1 rings (SSSR count). The molecule has 0 bridgehead atoms. The molecule has 0 aromatic heterocycles. The highest BCUT2D eigenvalue weighted by Crippen LogP contribution is 2.21. The van der Waals surface area contributed by atoms with E-state index >= 15 is 0 Å². The SMILES string of the molecule is C=C(C)C(=Cc1ccccc1C)C(=C)C. The lowest BCUT2D eigenvalue weighted by Gasteiger charge is -2.07. The van der Waals surface area contributed by atoms with Gasteiger partial charge in [-0.05, 0) is 43.5 Å². The molecule has 0 saturated carbocycles. The van der Waals surface area contributed by atoms with E-state index < -0.39 is 0 Å². The van der Waals surface area contributed by atoms with E-state index in [2.05, 4.69) is 38.3 Å². The Morgan fingerprint density at radius 3 is 2.07 bits per heavy atom. The highest BCUT2D eigenvalue weighted by molar-refractivity contribution is 5.65. The van der Waals surface area contributed by atoms with Crippen LogP contribution in [0.4, 0.5) is 0 Å². The summed E-state index contributed by atoms with van der Waals surface area (Å²) in [5.74, 6) is 0. The van der Waals surface area contributed by atoms with Crippen LogP contribution in [0, 0.1) is 6.92 Å². The fraction of sp³-hybridized carbons (Fsp3) is 0.200. The Morgan fingerprint density at radius 1 is 1.07 bits per heavy atom. The number of allylic oxidation sites excluding steroid dienone is 3. The van der Waals surface area contributed by atoms with Crippen LogP contribution in [-0.2, 0) is 0 Å². The predicted molar refractivity (Wildman–Crippen MR) is 68.8 cm³/mol. The zero-order valence-electron chi connectivity index (χ0n) is 9.80. The van der Waals surface area contributed by atoms with E-state index in [-0.39, 0.29) is 0 Å². The van der Waals surface area contributed by atoms with Crippen LogP contribution >= 0.6 is 0 Å². The van der Waals surface area contributed by atoms with Crippen molar-refractivity contribution < 1.29 is 0 Å². The first-order chi connectivity index (χ1) is 7.02. The first-order valence-electron chi connectivity index (χ1n) is 5.11. The smallest absolute Gasteiger partial charge is 0.0204 e. The van der Waals surface area contributed by atoms with Gasteiger partial charge >= 0.3 is 0 Å².